The first kappa shape index (κ1) is 20.0. The fourth-order valence-electron chi connectivity index (χ4n) is 4.64. The van der Waals surface area contributed by atoms with E-state index in [0.717, 1.165) is 19.3 Å². The highest BCUT2D eigenvalue weighted by atomic mass is 16.6. The van der Waals surface area contributed by atoms with Crippen molar-refractivity contribution in [1.82, 2.24) is 0 Å². The van der Waals surface area contributed by atoms with Gasteiger partial charge in [-0.3, -0.25) is 14.4 Å². The molecular weight excluding hydrogens is 344 g/mol. The molecule has 148 valence electrons. The van der Waals surface area contributed by atoms with Crippen LogP contribution in [0, 0.1) is 11.3 Å². The summed E-state index contributed by atoms with van der Waals surface area (Å²) >= 11 is 0. The monoisotopic (exact) mass is 374 g/mol. The maximum atomic E-state index is 13.5. The molecular formula is C22H30O5. The summed E-state index contributed by atoms with van der Waals surface area (Å²) in [4.78, 5) is 38.3. The number of hydrogen-bond donors (Lipinski definition) is 0. The van der Waals surface area contributed by atoms with Crippen LogP contribution in [-0.2, 0) is 23.9 Å². The molecule has 0 aromatic heterocycles. The van der Waals surface area contributed by atoms with Gasteiger partial charge in [-0.05, 0) is 62.7 Å². The van der Waals surface area contributed by atoms with Gasteiger partial charge in [0.1, 0.15) is 0 Å². The van der Waals surface area contributed by atoms with E-state index < -0.39 is 17.2 Å². The first-order valence-electron chi connectivity index (χ1n) is 9.79. The Morgan fingerprint density at radius 3 is 2.44 bits per heavy atom. The zero-order chi connectivity index (χ0) is 20.2. The van der Waals surface area contributed by atoms with Crippen LogP contribution in [-0.4, -0.2) is 34.8 Å². The van der Waals surface area contributed by atoms with Gasteiger partial charge in [0, 0.05) is 12.8 Å². The summed E-state index contributed by atoms with van der Waals surface area (Å²) in [5.41, 5.74) is -1.71. The Morgan fingerprint density at radius 1 is 1.15 bits per heavy atom. The third-order valence-electron chi connectivity index (χ3n) is 6.40. The van der Waals surface area contributed by atoms with Crippen molar-refractivity contribution in [3.05, 3.63) is 23.3 Å². The lowest BCUT2D eigenvalue weighted by atomic mass is 9.75. The predicted molar refractivity (Wildman–Crippen MR) is 101 cm³/mol. The number of rotatable bonds is 1. The van der Waals surface area contributed by atoms with E-state index in [2.05, 4.69) is 13.8 Å². The van der Waals surface area contributed by atoms with Crippen LogP contribution in [0.15, 0.2) is 23.3 Å². The quantitative estimate of drug-likeness (QED) is 0.655. The summed E-state index contributed by atoms with van der Waals surface area (Å²) < 4.78 is 12.0. The summed E-state index contributed by atoms with van der Waals surface area (Å²) in [6, 6.07) is 0. The van der Waals surface area contributed by atoms with Crippen LogP contribution < -0.4 is 0 Å². The Kier molecular flexibility index (Phi) is 4.74. The van der Waals surface area contributed by atoms with Gasteiger partial charge in [-0.1, -0.05) is 20.8 Å². The normalized spacial score (nSPS) is 40.5. The van der Waals surface area contributed by atoms with E-state index in [4.69, 9.17) is 9.47 Å². The molecule has 1 aliphatic carbocycles. The molecule has 0 radical (unpaired) electrons. The molecule has 0 aromatic carbocycles. The number of ketones is 2. The van der Waals surface area contributed by atoms with Crippen LogP contribution >= 0.6 is 0 Å². The average Bonchev–Trinajstić information content (AvgIpc) is 3.06. The third kappa shape index (κ3) is 3.31. The Labute approximate surface area is 161 Å². The summed E-state index contributed by atoms with van der Waals surface area (Å²) in [6.45, 7) is 11.1. The number of carbonyl (C=O) groups is 3. The van der Waals surface area contributed by atoms with E-state index in [1.165, 1.54) is 13.0 Å². The van der Waals surface area contributed by atoms with E-state index in [9.17, 15) is 14.4 Å². The van der Waals surface area contributed by atoms with E-state index >= 15 is 0 Å². The van der Waals surface area contributed by atoms with Crippen LogP contribution in [0.25, 0.3) is 0 Å². The third-order valence-corrected chi connectivity index (χ3v) is 6.40. The summed E-state index contributed by atoms with van der Waals surface area (Å²) in [7, 11) is 0. The molecule has 0 saturated carbocycles. The number of allylic oxidation sites excluding steroid dienone is 1. The van der Waals surface area contributed by atoms with Crippen molar-refractivity contribution in [3.63, 3.8) is 0 Å². The van der Waals surface area contributed by atoms with Gasteiger partial charge in [-0.25, -0.2) is 0 Å². The molecule has 3 aliphatic rings. The molecule has 3 rings (SSSR count). The Morgan fingerprint density at radius 2 is 1.81 bits per heavy atom. The standard InChI is InChI=1S/C22H30O5/c1-13-7-9-20(4,5)17-8-10-21(6,27-17)12-16-18(24)14(2)11-22(16,19(13)25)26-15(3)23/h11-13,17H,7-10H2,1-6H3/b16-12-/t13-,17+,21+,22+/m1/s1. The van der Waals surface area contributed by atoms with Crippen molar-refractivity contribution in [3.8, 4) is 0 Å². The molecule has 0 N–H and O–H groups in total. The zero-order valence-corrected chi connectivity index (χ0v) is 17.2. The highest BCUT2D eigenvalue weighted by Crippen LogP contribution is 2.47. The van der Waals surface area contributed by atoms with Crippen molar-refractivity contribution in [2.24, 2.45) is 11.3 Å². The lowest BCUT2D eigenvalue weighted by Crippen LogP contribution is -2.46. The van der Waals surface area contributed by atoms with Gasteiger partial charge < -0.3 is 9.47 Å². The molecule has 0 unspecified atom stereocenters. The summed E-state index contributed by atoms with van der Waals surface area (Å²) in [6.07, 6.45) is 6.47. The zero-order valence-electron chi connectivity index (χ0n) is 17.2. The molecule has 0 aromatic rings. The smallest absolute Gasteiger partial charge is 0.304 e. The molecule has 0 amide bonds. The van der Waals surface area contributed by atoms with Crippen molar-refractivity contribution >= 4 is 17.5 Å². The number of Topliss-reactive ketones (excluding diaryl/α,β-unsaturated/α-hetero) is 2. The van der Waals surface area contributed by atoms with Crippen LogP contribution in [0.1, 0.15) is 67.2 Å². The Balaban J connectivity index is 2.19. The van der Waals surface area contributed by atoms with Gasteiger partial charge in [0.05, 0.1) is 17.3 Å². The van der Waals surface area contributed by atoms with Crippen LogP contribution in [0.2, 0.25) is 0 Å². The van der Waals surface area contributed by atoms with Crippen molar-refractivity contribution in [2.75, 3.05) is 0 Å². The van der Waals surface area contributed by atoms with Crippen molar-refractivity contribution < 1.29 is 23.9 Å². The maximum Gasteiger partial charge on any atom is 0.304 e. The van der Waals surface area contributed by atoms with E-state index in [-0.39, 0.29) is 34.6 Å². The summed E-state index contributed by atoms with van der Waals surface area (Å²) in [5.74, 6) is -1.40. The fraction of sp³-hybridized carbons (Fsp3) is 0.682. The lowest BCUT2D eigenvalue weighted by molar-refractivity contribution is -0.158. The minimum atomic E-state index is -1.63. The van der Waals surface area contributed by atoms with Gasteiger partial charge in [-0.15, -0.1) is 0 Å². The van der Waals surface area contributed by atoms with Crippen molar-refractivity contribution in [1.29, 1.82) is 0 Å². The molecule has 0 spiro atoms. The minimum Gasteiger partial charge on any atom is -0.442 e. The van der Waals surface area contributed by atoms with Crippen LogP contribution in [0.4, 0.5) is 0 Å². The topological polar surface area (TPSA) is 69.7 Å². The number of carbonyl (C=O) groups excluding carboxylic acids is 3. The fourth-order valence-corrected chi connectivity index (χ4v) is 4.64. The molecule has 27 heavy (non-hydrogen) atoms. The second-order valence-electron chi connectivity index (χ2n) is 9.29. The molecule has 5 heteroatoms. The Hall–Kier alpha value is -1.75. The predicted octanol–water partition coefficient (Wildman–Crippen LogP) is 3.71. The number of ether oxygens (including phenoxy) is 2. The molecule has 4 atom stereocenters. The molecule has 5 nitrogen and oxygen atoms in total. The van der Waals surface area contributed by atoms with Gasteiger partial charge in [0.25, 0.3) is 0 Å². The minimum absolute atomic E-state index is 0.0634. The SMILES string of the molecule is CC(=O)O[C@@]12C=C(C)C(=O)/C1=C/[C@]1(C)CC[C@H](O1)C(C)(C)CC[C@@H](C)C2=O. The number of fused-ring (bicyclic) bond motifs is 3. The molecule has 1 fully saturated rings. The molecule has 2 aliphatic heterocycles. The highest BCUT2D eigenvalue weighted by Gasteiger charge is 2.54. The largest absolute Gasteiger partial charge is 0.442 e. The van der Waals surface area contributed by atoms with E-state index in [1.54, 1.807) is 13.0 Å². The first-order valence-corrected chi connectivity index (χ1v) is 9.79. The molecule has 1 saturated heterocycles. The number of hydrogen-bond acceptors (Lipinski definition) is 5. The maximum absolute atomic E-state index is 13.5. The average molecular weight is 374 g/mol. The second kappa shape index (κ2) is 6.40. The van der Waals surface area contributed by atoms with E-state index in [0.29, 0.717) is 12.0 Å². The highest BCUT2D eigenvalue weighted by molar-refractivity contribution is 6.20. The van der Waals surface area contributed by atoms with Gasteiger partial charge in [0.15, 0.2) is 11.6 Å². The van der Waals surface area contributed by atoms with E-state index in [1.807, 2.05) is 13.8 Å². The molecule has 2 bridgehead atoms. The van der Waals surface area contributed by atoms with Crippen LogP contribution in [0.3, 0.4) is 0 Å². The van der Waals surface area contributed by atoms with Crippen molar-refractivity contribution in [2.45, 2.75) is 84.5 Å². The first-order chi connectivity index (χ1) is 12.4. The van der Waals surface area contributed by atoms with Gasteiger partial charge in [-0.2, -0.15) is 0 Å². The molecule has 2 heterocycles. The Bertz CT molecular complexity index is 759. The summed E-state index contributed by atoms with van der Waals surface area (Å²) in [5, 5.41) is 0. The second-order valence-corrected chi connectivity index (χ2v) is 9.29. The number of esters is 1. The lowest BCUT2D eigenvalue weighted by Gasteiger charge is -2.33. The van der Waals surface area contributed by atoms with Gasteiger partial charge in [0.2, 0.25) is 5.60 Å². The van der Waals surface area contributed by atoms with Crippen LogP contribution in [0.5, 0.6) is 0 Å². The van der Waals surface area contributed by atoms with Gasteiger partial charge >= 0.3 is 5.97 Å².